The molecule has 0 amide bonds. The molecule has 170 valence electrons. The van der Waals surface area contributed by atoms with Gasteiger partial charge in [-0.15, -0.1) is 24.2 Å². The first-order chi connectivity index (χ1) is 15.8. The van der Waals surface area contributed by atoms with Crippen LogP contribution in [0.3, 0.4) is 0 Å². The van der Waals surface area contributed by atoms with Gasteiger partial charge in [-0.2, -0.15) is 0 Å². The van der Waals surface area contributed by atoms with Gasteiger partial charge >= 0.3 is 0 Å². The Balaban J connectivity index is 0.00000259. The molecule has 1 aliphatic carbocycles. The Bertz CT molecular complexity index is 1110. The number of likely N-dealkylation sites (tertiary alicyclic amines) is 1. The number of nitrogen functional groups attached to an aromatic ring is 1. The molecule has 0 bridgehead atoms. The van der Waals surface area contributed by atoms with Gasteiger partial charge in [0.1, 0.15) is 0 Å². The number of piperidine rings is 1. The highest BCUT2D eigenvalue weighted by Crippen LogP contribution is 2.38. The molecule has 0 unspecified atom stereocenters. The molecule has 3 aromatic rings. The van der Waals surface area contributed by atoms with E-state index in [2.05, 4.69) is 77.7 Å². The third-order valence-electron chi connectivity index (χ3n) is 6.51. The van der Waals surface area contributed by atoms with Gasteiger partial charge in [-0.1, -0.05) is 78.4 Å². The molecule has 0 aromatic heterocycles. The first kappa shape index (κ1) is 23.7. The van der Waals surface area contributed by atoms with Gasteiger partial charge in [-0.25, -0.2) is 0 Å². The van der Waals surface area contributed by atoms with E-state index in [-0.39, 0.29) is 12.4 Å². The van der Waals surface area contributed by atoms with Crippen LogP contribution in [0.15, 0.2) is 83.3 Å². The SMILES string of the molecule is Cl.Nc1ccccc1SCCCN1CCC(=C2c3ccccc3C=Cc3ccccc32)CC1. The number of benzene rings is 3. The highest BCUT2D eigenvalue weighted by atomic mass is 35.5. The fraction of sp³-hybridized carbons (Fsp3) is 0.241. The number of nitrogens with zero attached hydrogens (tertiary/aromatic N) is 1. The van der Waals surface area contributed by atoms with Crippen LogP contribution < -0.4 is 5.73 Å². The third-order valence-corrected chi connectivity index (χ3v) is 7.69. The standard InChI is InChI=1S/C29H30N2S.ClH/c30-27-12-5-6-13-28(27)32-21-7-18-31-19-16-24(17-20-31)29-25-10-3-1-8-22(25)14-15-23-9-2-4-11-26(23)29;/h1-6,8-15H,7,16-21,30H2;1H. The third kappa shape index (κ3) is 5.38. The zero-order valence-corrected chi connectivity index (χ0v) is 20.5. The van der Waals surface area contributed by atoms with Crippen molar-refractivity contribution in [1.82, 2.24) is 4.90 Å². The summed E-state index contributed by atoms with van der Waals surface area (Å²) >= 11 is 1.88. The molecular weight excluding hydrogens is 444 g/mol. The molecule has 2 nitrogen and oxygen atoms in total. The molecule has 2 N–H and O–H groups in total. The minimum atomic E-state index is 0. The lowest BCUT2D eigenvalue weighted by molar-refractivity contribution is 0.258. The minimum Gasteiger partial charge on any atom is -0.398 e. The van der Waals surface area contributed by atoms with Gasteiger partial charge in [0, 0.05) is 23.7 Å². The van der Waals surface area contributed by atoms with Crippen LogP contribution in [0, 0.1) is 0 Å². The Kier molecular flexibility index (Phi) is 7.97. The van der Waals surface area contributed by atoms with E-state index in [9.17, 15) is 0 Å². The molecule has 0 saturated carbocycles. The van der Waals surface area contributed by atoms with Gasteiger partial charge in [0.15, 0.2) is 0 Å². The van der Waals surface area contributed by atoms with E-state index < -0.39 is 0 Å². The summed E-state index contributed by atoms with van der Waals surface area (Å²) in [6, 6.07) is 25.9. The Morgan fingerprint density at radius 3 is 1.97 bits per heavy atom. The number of hydrogen-bond acceptors (Lipinski definition) is 3. The first-order valence-corrected chi connectivity index (χ1v) is 12.6. The molecule has 1 fully saturated rings. The largest absolute Gasteiger partial charge is 0.398 e. The fourth-order valence-corrected chi connectivity index (χ4v) is 5.73. The van der Waals surface area contributed by atoms with E-state index in [4.69, 9.17) is 5.73 Å². The molecule has 33 heavy (non-hydrogen) atoms. The van der Waals surface area contributed by atoms with E-state index >= 15 is 0 Å². The molecule has 3 aromatic carbocycles. The van der Waals surface area contributed by atoms with Crippen LogP contribution in [0.5, 0.6) is 0 Å². The lowest BCUT2D eigenvalue weighted by atomic mass is 9.86. The zero-order chi connectivity index (χ0) is 21.8. The van der Waals surface area contributed by atoms with E-state index in [1.165, 1.54) is 39.1 Å². The lowest BCUT2D eigenvalue weighted by Gasteiger charge is -2.30. The van der Waals surface area contributed by atoms with Crippen LogP contribution in [-0.4, -0.2) is 30.3 Å². The van der Waals surface area contributed by atoms with Crippen molar-refractivity contribution in [2.24, 2.45) is 0 Å². The van der Waals surface area contributed by atoms with Gasteiger partial charge in [-0.05, 0) is 71.5 Å². The second-order valence-corrected chi connectivity index (χ2v) is 9.70. The smallest absolute Gasteiger partial charge is 0.0452 e. The molecule has 0 atom stereocenters. The Morgan fingerprint density at radius 1 is 0.758 bits per heavy atom. The number of hydrogen-bond donors (Lipinski definition) is 1. The summed E-state index contributed by atoms with van der Waals surface area (Å²) in [6.07, 6.45) is 8.04. The van der Waals surface area contributed by atoms with Gasteiger partial charge in [0.2, 0.25) is 0 Å². The van der Waals surface area contributed by atoms with Crippen molar-refractivity contribution in [3.63, 3.8) is 0 Å². The maximum absolute atomic E-state index is 6.07. The highest BCUT2D eigenvalue weighted by molar-refractivity contribution is 7.99. The Labute approximate surface area is 208 Å². The monoisotopic (exact) mass is 474 g/mol. The molecule has 0 spiro atoms. The summed E-state index contributed by atoms with van der Waals surface area (Å²) in [5.41, 5.74) is 15.5. The van der Waals surface area contributed by atoms with E-state index in [0.717, 1.165) is 43.9 Å². The summed E-state index contributed by atoms with van der Waals surface area (Å²) in [5.74, 6) is 1.12. The molecule has 1 saturated heterocycles. The van der Waals surface area contributed by atoms with Crippen LogP contribution in [0.1, 0.15) is 41.5 Å². The van der Waals surface area contributed by atoms with Crippen LogP contribution in [0.4, 0.5) is 5.69 Å². The van der Waals surface area contributed by atoms with Crippen molar-refractivity contribution in [1.29, 1.82) is 0 Å². The van der Waals surface area contributed by atoms with E-state index in [1.807, 2.05) is 23.9 Å². The summed E-state index contributed by atoms with van der Waals surface area (Å²) in [6.45, 7) is 3.46. The van der Waals surface area contributed by atoms with Crippen molar-refractivity contribution in [2.75, 3.05) is 31.1 Å². The predicted octanol–water partition coefficient (Wildman–Crippen LogP) is 7.25. The topological polar surface area (TPSA) is 29.3 Å². The number of anilines is 1. The molecular formula is C29H31ClN2S. The van der Waals surface area contributed by atoms with Crippen LogP contribution >= 0.6 is 24.2 Å². The van der Waals surface area contributed by atoms with Gasteiger partial charge in [-0.3, -0.25) is 0 Å². The lowest BCUT2D eigenvalue weighted by Crippen LogP contribution is -2.32. The molecule has 4 heteroatoms. The van der Waals surface area contributed by atoms with Crippen molar-refractivity contribution in [3.05, 3.63) is 101 Å². The van der Waals surface area contributed by atoms with E-state index in [1.54, 1.807) is 5.57 Å². The Morgan fingerprint density at radius 2 is 1.33 bits per heavy atom. The van der Waals surface area contributed by atoms with Crippen LogP contribution in [0.25, 0.3) is 17.7 Å². The number of para-hydroxylation sites is 1. The van der Waals surface area contributed by atoms with Crippen LogP contribution in [0.2, 0.25) is 0 Å². The average molecular weight is 475 g/mol. The first-order valence-electron chi connectivity index (χ1n) is 11.6. The quantitative estimate of drug-likeness (QED) is 0.187. The van der Waals surface area contributed by atoms with E-state index in [0.29, 0.717) is 0 Å². The summed E-state index contributed by atoms with van der Waals surface area (Å²) in [4.78, 5) is 3.84. The molecule has 1 heterocycles. The van der Waals surface area contributed by atoms with Gasteiger partial charge < -0.3 is 10.6 Å². The van der Waals surface area contributed by atoms with Crippen molar-refractivity contribution in [3.8, 4) is 0 Å². The molecule has 0 radical (unpaired) electrons. The molecule has 2 aliphatic rings. The van der Waals surface area contributed by atoms with Crippen molar-refractivity contribution >= 4 is 47.6 Å². The molecule has 5 rings (SSSR count). The predicted molar refractivity (Wildman–Crippen MR) is 147 cm³/mol. The summed E-state index contributed by atoms with van der Waals surface area (Å²) in [5, 5.41) is 0. The maximum Gasteiger partial charge on any atom is 0.0452 e. The van der Waals surface area contributed by atoms with Crippen molar-refractivity contribution < 1.29 is 0 Å². The maximum atomic E-state index is 6.07. The number of thioether (sulfide) groups is 1. The average Bonchev–Trinajstić information content (AvgIpc) is 3.00. The minimum absolute atomic E-state index is 0. The second-order valence-electron chi connectivity index (χ2n) is 8.57. The summed E-state index contributed by atoms with van der Waals surface area (Å²) < 4.78 is 0. The number of fused-ring (bicyclic) bond motifs is 2. The fourth-order valence-electron chi connectivity index (χ4n) is 4.82. The second kappa shape index (κ2) is 11.1. The van der Waals surface area contributed by atoms with Crippen LogP contribution in [-0.2, 0) is 0 Å². The Hall–Kier alpha value is -2.46. The number of rotatable bonds is 5. The number of nitrogens with two attached hydrogens (primary N) is 1. The van der Waals surface area contributed by atoms with Gasteiger partial charge in [0.05, 0.1) is 0 Å². The molecule has 1 aliphatic heterocycles. The highest BCUT2D eigenvalue weighted by Gasteiger charge is 2.22. The van der Waals surface area contributed by atoms with Crippen molar-refractivity contribution in [2.45, 2.75) is 24.2 Å². The van der Waals surface area contributed by atoms with Gasteiger partial charge in [0.25, 0.3) is 0 Å². The summed E-state index contributed by atoms with van der Waals surface area (Å²) in [7, 11) is 0. The number of halogens is 1. The normalized spacial score (nSPS) is 15.4. The zero-order valence-electron chi connectivity index (χ0n) is 18.9.